The average Bonchev–Trinajstić information content (AvgIpc) is 2.07. The van der Waals surface area contributed by atoms with Crippen LogP contribution < -0.4 is 4.74 Å². The van der Waals surface area contributed by atoms with Gasteiger partial charge in [0.15, 0.2) is 11.6 Å². The predicted molar refractivity (Wildman–Crippen MR) is 45.7 cm³/mol. The fourth-order valence-electron chi connectivity index (χ4n) is 0.953. The Kier molecular flexibility index (Phi) is 3.72. The second-order valence-corrected chi connectivity index (χ2v) is 3.48. The summed E-state index contributed by atoms with van der Waals surface area (Å²) in [6.07, 6.45) is -8.38. The molecule has 0 aliphatic rings. The summed E-state index contributed by atoms with van der Waals surface area (Å²) in [4.78, 5) is 0. The molecule has 90 valence electrons. The molecule has 0 amide bonds. The molecule has 0 aromatic heterocycles. The van der Waals surface area contributed by atoms with Crippen molar-refractivity contribution in [3.05, 3.63) is 28.0 Å². The Balaban J connectivity index is 3.19. The quantitative estimate of drug-likeness (QED) is 0.735. The molecule has 0 bridgehead atoms. The highest BCUT2D eigenvalue weighted by Gasteiger charge is 2.33. The number of hydrogen-bond donors (Lipinski definition) is 0. The van der Waals surface area contributed by atoms with Crippen LogP contribution in [0, 0.1) is 5.82 Å². The van der Waals surface area contributed by atoms with E-state index in [1.165, 1.54) is 0 Å². The van der Waals surface area contributed by atoms with Crippen LogP contribution in [-0.4, -0.2) is 6.36 Å². The number of hydrogen-bond acceptors (Lipinski definition) is 1. The summed E-state index contributed by atoms with van der Waals surface area (Å²) in [5.41, 5.74) is -1.17. The number of rotatable bonds is 2. The summed E-state index contributed by atoms with van der Waals surface area (Å²) in [5, 5.41) is 0. The van der Waals surface area contributed by atoms with Crippen molar-refractivity contribution < 1.29 is 31.1 Å². The summed E-state index contributed by atoms with van der Waals surface area (Å²) in [6, 6.07) is 1.46. The zero-order valence-corrected chi connectivity index (χ0v) is 8.87. The van der Waals surface area contributed by atoms with Gasteiger partial charge in [0.1, 0.15) is 0 Å². The van der Waals surface area contributed by atoms with E-state index in [0.29, 0.717) is 6.07 Å². The van der Waals surface area contributed by atoms with Gasteiger partial charge in [-0.25, -0.2) is 13.2 Å². The van der Waals surface area contributed by atoms with Crippen LogP contribution in [0.4, 0.5) is 26.3 Å². The molecule has 0 atom stereocenters. The van der Waals surface area contributed by atoms with Gasteiger partial charge in [-0.05, 0) is 12.1 Å². The molecule has 1 nitrogen and oxygen atoms in total. The van der Waals surface area contributed by atoms with Gasteiger partial charge in [0.25, 0.3) is 6.43 Å². The van der Waals surface area contributed by atoms with E-state index in [4.69, 9.17) is 0 Å². The molecule has 1 aromatic carbocycles. The topological polar surface area (TPSA) is 9.23 Å². The highest BCUT2D eigenvalue weighted by atomic mass is 79.9. The van der Waals surface area contributed by atoms with Crippen molar-refractivity contribution in [3.63, 3.8) is 0 Å². The first kappa shape index (κ1) is 13.1. The SMILES string of the molecule is Fc1c(OC(F)(F)F)ccc(Br)c1C(F)F. The van der Waals surface area contributed by atoms with E-state index in [1.54, 1.807) is 0 Å². The third kappa shape index (κ3) is 3.03. The number of ether oxygens (including phenoxy) is 1. The van der Waals surface area contributed by atoms with E-state index in [1.807, 2.05) is 0 Å². The van der Waals surface area contributed by atoms with Crippen LogP contribution in [0.3, 0.4) is 0 Å². The van der Waals surface area contributed by atoms with E-state index in [9.17, 15) is 26.3 Å². The number of halogens is 7. The standard InChI is InChI=1S/C8H3BrF6O/c9-3-1-2-4(16-8(13,14)15)6(10)5(3)7(11)12/h1-2,7H. The first-order valence-corrected chi connectivity index (χ1v) is 4.53. The fraction of sp³-hybridized carbons (Fsp3) is 0.250. The van der Waals surface area contributed by atoms with Gasteiger partial charge in [-0.3, -0.25) is 0 Å². The smallest absolute Gasteiger partial charge is 0.403 e. The third-order valence-corrected chi connectivity index (χ3v) is 2.23. The predicted octanol–water partition coefficient (Wildman–Crippen LogP) is 4.42. The van der Waals surface area contributed by atoms with E-state index in [2.05, 4.69) is 20.7 Å². The molecule has 0 aliphatic carbocycles. The Morgan fingerprint density at radius 3 is 2.19 bits per heavy atom. The molecule has 16 heavy (non-hydrogen) atoms. The highest BCUT2D eigenvalue weighted by Crippen LogP contribution is 2.36. The lowest BCUT2D eigenvalue weighted by atomic mass is 10.2. The van der Waals surface area contributed by atoms with Gasteiger partial charge in [-0.1, -0.05) is 15.9 Å². The molecule has 8 heteroatoms. The lowest BCUT2D eigenvalue weighted by molar-refractivity contribution is -0.275. The first-order chi connectivity index (χ1) is 7.22. The van der Waals surface area contributed by atoms with E-state index in [0.717, 1.165) is 6.07 Å². The number of benzene rings is 1. The normalized spacial score (nSPS) is 12.0. The molecule has 0 fully saturated rings. The molecular formula is C8H3BrF6O. The average molecular weight is 309 g/mol. The van der Waals surface area contributed by atoms with Gasteiger partial charge in [-0.2, -0.15) is 0 Å². The molecule has 0 unspecified atom stereocenters. The largest absolute Gasteiger partial charge is 0.573 e. The second-order valence-electron chi connectivity index (χ2n) is 2.62. The van der Waals surface area contributed by atoms with Gasteiger partial charge in [0, 0.05) is 4.47 Å². The van der Waals surface area contributed by atoms with Gasteiger partial charge in [-0.15, -0.1) is 13.2 Å². The van der Waals surface area contributed by atoms with E-state index in [-0.39, 0.29) is 4.47 Å². The van der Waals surface area contributed by atoms with E-state index >= 15 is 0 Å². The summed E-state index contributed by atoms with van der Waals surface area (Å²) in [6.45, 7) is 0. The van der Waals surface area contributed by atoms with Crippen LogP contribution in [0.15, 0.2) is 16.6 Å². The van der Waals surface area contributed by atoms with Crippen LogP contribution >= 0.6 is 15.9 Å². The van der Waals surface area contributed by atoms with Crippen molar-refractivity contribution in [2.45, 2.75) is 12.8 Å². The molecular weight excluding hydrogens is 306 g/mol. The molecule has 0 radical (unpaired) electrons. The lowest BCUT2D eigenvalue weighted by Gasteiger charge is -2.12. The zero-order valence-electron chi connectivity index (χ0n) is 7.29. The zero-order chi connectivity index (χ0) is 12.5. The molecule has 0 spiro atoms. The maximum atomic E-state index is 13.2. The Bertz CT molecular complexity index is 389. The van der Waals surface area contributed by atoms with Gasteiger partial charge in [0.2, 0.25) is 0 Å². The molecule has 1 rings (SSSR count). The minimum Gasteiger partial charge on any atom is -0.403 e. The van der Waals surface area contributed by atoms with Crippen LogP contribution in [-0.2, 0) is 0 Å². The molecule has 1 aromatic rings. The van der Waals surface area contributed by atoms with Crippen molar-refractivity contribution >= 4 is 15.9 Å². The minimum absolute atomic E-state index is 0.325. The Labute approximate surface area is 94.1 Å². The van der Waals surface area contributed by atoms with Crippen molar-refractivity contribution in [1.82, 2.24) is 0 Å². The van der Waals surface area contributed by atoms with Gasteiger partial charge < -0.3 is 4.74 Å². The fourth-order valence-corrected chi connectivity index (χ4v) is 1.43. The molecule has 0 N–H and O–H groups in total. The van der Waals surface area contributed by atoms with Gasteiger partial charge >= 0.3 is 6.36 Å². The summed E-state index contributed by atoms with van der Waals surface area (Å²) < 4.78 is 76.0. The Hall–Kier alpha value is -0.920. The van der Waals surface area contributed by atoms with Crippen LogP contribution in [0.1, 0.15) is 12.0 Å². The summed E-state index contributed by atoms with van der Waals surface area (Å²) in [5.74, 6) is -3.02. The maximum Gasteiger partial charge on any atom is 0.573 e. The summed E-state index contributed by atoms with van der Waals surface area (Å²) in [7, 11) is 0. The second kappa shape index (κ2) is 4.52. The lowest BCUT2D eigenvalue weighted by Crippen LogP contribution is -2.18. The van der Waals surface area contributed by atoms with Crippen molar-refractivity contribution in [2.24, 2.45) is 0 Å². The molecule has 0 heterocycles. The molecule has 0 aliphatic heterocycles. The van der Waals surface area contributed by atoms with Crippen molar-refractivity contribution in [2.75, 3.05) is 0 Å². The van der Waals surface area contributed by atoms with Gasteiger partial charge in [0.05, 0.1) is 5.56 Å². The molecule has 0 saturated heterocycles. The third-order valence-electron chi connectivity index (χ3n) is 1.54. The molecule has 0 saturated carbocycles. The van der Waals surface area contributed by atoms with Crippen molar-refractivity contribution in [1.29, 1.82) is 0 Å². The monoisotopic (exact) mass is 308 g/mol. The number of alkyl halides is 5. The minimum atomic E-state index is -5.13. The Morgan fingerprint density at radius 1 is 1.19 bits per heavy atom. The Morgan fingerprint density at radius 2 is 1.75 bits per heavy atom. The highest BCUT2D eigenvalue weighted by molar-refractivity contribution is 9.10. The van der Waals surface area contributed by atoms with E-state index < -0.39 is 29.9 Å². The summed E-state index contributed by atoms with van der Waals surface area (Å²) >= 11 is 2.60. The van der Waals surface area contributed by atoms with Crippen molar-refractivity contribution in [3.8, 4) is 5.75 Å². The first-order valence-electron chi connectivity index (χ1n) is 3.74. The maximum absolute atomic E-state index is 13.2. The van der Waals surface area contributed by atoms with Crippen LogP contribution in [0.5, 0.6) is 5.75 Å². The van der Waals surface area contributed by atoms with Crippen LogP contribution in [0.2, 0.25) is 0 Å². The van der Waals surface area contributed by atoms with Crippen LogP contribution in [0.25, 0.3) is 0 Å².